The second-order valence-corrected chi connectivity index (χ2v) is 8.21. The molecule has 0 radical (unpaired) electrons. The third-order valence-electron chi connectivity index (χ3n) is 5.33. The molecular formula is C20H30N4O4S. The van der Waals surface area contributed by atoms with Gasteiger partial charge in [-0.1, -0.05) is 18.7 Å². The zero-order valence-corrected chi connectivity index (χ0v) is 18.4. The number of nitrogens with zero attached hydrogens (tertiary/aromatic N) is 2. The SMILES string of the molecule is CCOC(=O)C1=C(CSc2nc(C)c(C)n2C[C@H]2CCCO2)NC(=O)N[C@@H]1CC. The monoisotopic (exact) mass is 422 g/mol. The number of ether oxygens (including phenoxy) is 2. The fourth-order valence-electron chi connectivity index (χ4n) is 3.65. The number of imidazole rings is 1. The highest BCUT2D eigenvalue weighted by atomic mass is 32.2. The topological polar surface area (TPSA) is 94.5 Å². The van der Waals surface area contributed by atoms with Crippen LogP contribution in [0.25, 0.3) is 0 Å². The van der Waals surface area contributed by atoms with Gasteiger partial charge in [-0.3, -0.25) is 0 Å². The second kappa shape index (κ2) is 9.67. The van der Waals surface area contributed by atoms with Crippen LogP contribution in [0.5, 0.6) is 0 Å². The van der Waals surface area contributed by atoms with Crippen molar-refractivity contribution in [3.8, 4) is 0 Å². The molecule has 0 aromatic carbocycles. The van der Waals surface area contributed by atoms with Crippen LogP contribution in [0.1, 0.15) is 44.5 Å². The van der Waals surface area contributed by atoms with Crippen molar-refractivity contribution in [1.82, 2.24) is 20.2 Å². The van der Waals surface area contributed by atoms with E-state index in [0.717, 1.165) is 42.5 Å². The van der Waals surface area contributed by atoms with Crippen LogP contribution < -0.4 is 10.6 Å². The number of hydrogen-bond acceptors (Lipinski definition) is 6. The first-order chi connectivity index (χ1) is 13.9. The average Bonchev–Trinajstić information content (AvgIpc) is 3.30. The van der Waals surface area contributed by atoms with E-state index in [9.17, 15) is 9.59 Å². The van der Waals surface area contributed by atoms with Crippen molar-refractivity contribution in [3.63, 3.8) is 0 Å². The summed E-state index contributed by atoms with van der Waals surface area (Å²) in [4.78, 5) is 29.3. The number of urea groups is 1. The molecule has 2 atom stereocenters. The Bertz CT molecular complexity index is 799. The van der Waals surface area contributed by atoms with E-state index in [1.165, 1.54) is 11.8 Å². The van der Waals surface area contributed by atoms with Crippen LogP contribution in [0.2, 0.25) is 0 Å². The summed E-state index contributed by atoms with van der Waals surface area (Å²) >= 11 is 1.51. The predicted octanol–water partition coefficient (Wildman–Crippen LogP) is 2.68. The lowest BCUT2D eigenvalue weighted by molar-refractivity contribution is -0.139. The van der Waals surface area contributed by atoms with Crippen LogP contribution in [0.4, 0.5) is 4.79 Å². The Hall–Kier alpha value is -2.00. The van der Waals surface area contributed by atoms with Crippen molar-refractivity contribution in [3.05, 3.63) is 22.7 Å². The Balaban J connectivity index is 1.83. The van der Waals surface area contributed by atoms with Crippen LogP contribution in [0.3, 0.4) is 0 Å². The molecule has 1 aromatic heterocycles. The van der Waals surface area contributed by atoms with Crippen LogP contribution in [0.15, 0.2) is 16.4 Å². The lowest BCUT2D eigenvalue weighted by atomic mass is 10.0. The van der Waals surface area contributed by atoms with E-state index >= 15 is 0 Å². The minimum absolute atomic E-state index is 0.207. The molecule has 8 nitrogen and oxygen atoms in total. The summed E-state index contributed by atoms with van der Waals surface area (Å²) in [6.45, 7) is 9.63. The van der Waals surface area contributed by atoms with Crippen molar-refractivity contribution in [2.75, 3.05) is 19.0 Å². The molecule has 0 spiro atoms. The van der Waals surface area contributed by atoms with Crippen LogP contribution >= 0.6 is 11.8 Å². The van der Waals surface area contributed by atoms with Gasteiger partial charge in [0, 0.05) is 23.8 Å². The summed E-state index contributed by atoms with van der Waals surface area (Å²) in [6, 6.07) is -0.649. The van der Waals surface area contributed by atoms with Gasteiger partial charge in [-0.2, -0.15) is 0 Å². The Kier molecular flexibility index (Phi) is 7.23. The van der Waals surface area contributed by atoms with Crippen molar-refractivity contribution >= 4 is 23.8 Å². The standard InChI is InChI=1S/C20H30N4O4S/c1-5-15-17(18(25)27-6-2)16(23-19(26)22-15)11-29-20-21-12(3)13(4)24(20)10-14-8-7-9-28-14/h14-15H,5-11H2,1-4H3,(H2,22,23,26)/t14-,15-/m1/s1. The quantitative estimate of drug-likeness (QED) is 0.494. The van der Waals surface area contributed by atoms with Crippen molar-refractivity contribution < 1.29 is 19.1 Å². The fourth-order valence-corrected chi connectivity index (χ4v) is 4.72. The first-order valence-corrected chi connectivity index (χ1v) is 11.2. The summed E-state index contributed by atoms with van der Waals surface area (Å²) in [5.41, 5.74) is 3.17. The zero-order chi connectivity index (χ0) is 21.0. The fraction of sp³-hybridized carbons (Fsp3) is 0.650. The van der Waals surface area contributed by atoms with E-state index in [2.05, 4.69) is 22.1 Å². The Morgan fingerprint density at radius 3 is 2.83 bits per heavy atom. The number of aromatic nitrogens is 2. The van der Waals surface area contributed by atoms with E-state index in [-0.39, 0.29) is 24.8 Å². The molecule has 2 aliphatic rings. The third kappa shape index (κ3) is 4.95. The Labute approximate surface area is 175 Å². The first-order valence-electron chi connectivity index (χ1n) is 10.2. The largest absolute Gasteiger partial charge is 0.463 e. The molecule has 0 unspecified atom stereocenters. The minimum Gasteiger partial charge on any atom is -0.463 e. The van der Waals surface area contributed by atoms with Gasteiger partial charge < -0.3 is 24.7 Å². The van der Waals surface area contributed by atoms with E-state index in [4.69, 9.17) is 14.5 Å². The normalized spacial score (nSPS) is 21.9. The van der Waals surface area contributed by atoms with E-state index < -0.39 is 5.97 Å². The summed E-state index contributed by atoms with van der Waals surface area (Å²) in [7, 11) is 0. The van der Waals surface area contributed by atoms with Gasteiger partial charge in [0.2, 0.25) is 0 Å². The van der Waals surface area contributed by atoms with Crippen LogP contribution in [-0.4, -0.2) is 52.7 Å². The lowest BCUT2D eigenvalue weighted by Gasteiger charge is -2.28. The number of nitrogens with one attached hydrogen (secondary N) is 2. The van der Waals surface area contributed by atoms with Crippen molar-refractivity contribution in [2.24, 2.45) is 0 Å². The number of aryl methyl sites for hydroxylation is 1. The number of esters is 1. The van der Waals surface area contributed by atoms with Gasteiger partial charge in [0.25, 0.3) is 0 Å². The van der Waals surface area contributed by atoms with Gasteiger partial charge in [-0.05, 0) is 40.0 Å². The number of carbonyl (C=O) groups excluding carboxylic acids is 2. The molecule has 2 amide bonds. The molecular weight excluding hydrogens is 392 g/mol. The highest BCUT2D eigenvalue weighted by Gasteiger charge is 2.31. The van der Waals surface area contributed by atoms with Crippen LogP contribution in [-0.2, 0) is 20.8 Å². The number of thioether (sulfide) groups is 1. The molecule has 3 heterocycles. The molecule has 160 valence electrons. The van der Waals surface area contributed by atoms with Gasteiger partial charge in [-0.15, -0.1) is 0 Å². The van der Waals surface area contributed by atoms with Crippen molar-refractivity contribution in [2.45, 2.75) is 70.8 Å². The molecule has 0 aliphatic carbocycles. The summed E-state index contributed by atoms with van der Waals surface area (Å²) in [5.74, 6) is 0.0388. The second-order valence-electron chi connectivity index (χ2n) is 7.27. The summed E-state index contributed by atoms with van der Waals surface area (Å²) < 4.78 is 13.2. The maximum absolute atomic E-state index is 12.5. The molecule has 2 aliphatic heterocycles. The Morgan fingerprint density at radius 2 is 2.17 bits per heavy atom. The smallest absolute Gasteiger partial charge is 0.337 e. The van der Waals surface area contributed by atoms with E-state index in [0.29, 0.717) is 23.4 Å². The van der Waals surface area contributed by atoms with Gasteiger partial charge in [0.1, 0.15) is 0 Å². The van der Waals surface area contributed by atoms with Crippen LogP contribution in [0, 0.1) is 13.8 Å². The highest BCUT2D eigenvalue weighted by Crippen LogP contribution is 2.27. The summed E-state index contributed by atoms with van der Waals surface area (Å²) in [5, 5.41) is 6.47. The molecule has 0 bridgehead atoms. The van der Waals surface area contributed by atoms with E-state index in [1.54, 1.807) is 6.92 Å². The lowest BCUT2D eigenvalue weighted by Crippen LogP contribution is -2.50. The molecule has 3 rings (SSSR count). The predicted molar refractivity (Wildman–Crippen MR) is 111 cm³/mol. The van der Waals surface area contributed by atoms with Gasteiger partial charge >= 0.3 is 12.0 Å². The zero-order valence-electron chi connectivity index (χ0n) is 17.5. The van der Waals surface area contributed by atoms with Gasteiger partial charge in [-0.25, -0.2) is 14.6 Å². The number of amides is 2. The molecule has 9 heteroatoms. The van der Waals surface area contributed by atoms with Gasteiger partial charge in [0.15, 0.2) is 5.16 Å². The number of carbonyl (C=O) groups is 2. The summed E-state index contributed by atoms with van der Waals surface area (Å²) in [6.07, 6.45) is 2.96. The molecule has 2 N–H and O–H groups in total. The molecule has 29 heavy (non-hydrogen) atoms. The number of rotatable bonds is 8. The Morgan fingerprint density at radius 1 is 1.38 bits per heavy atom. The first kappa shape index (κ1) is 21.7. The number of hydrogen-bond donors (Lipinski definition) is 2. The molecule has 0 saturated carbocycles. The average molecular weight is 423 g/mol. The van der Waals surface area contributed by atoms with Gasteiger partial charge in [0.05, 0.1) is 36.6 Å². The molecule has 1 aromatic rings. The highest BCUT2D eigenvalue weighted by molar-refractivity contribution is 7.99. The van der Waals surface area contributed by atoms with E-state index in [1.807, 2.05) is 13.8 Å². The molecule has 1 fully saturated rings. The van der Waals surface area contributed by atoms with Crippen molar-refractivity contribution in [1.29, 1.82) is 0 Å². The molecule has 1 saturated heterocycles. The minimum atomic E-state index is -0.391. The maximum Gasteiger partial charge on any atom is 0.337 e. The third-order valence-corrected chi connectivity index (χ3v) is 6.33. The maximum atomic E-state index is 12.5.